The molecule has 0 bridgehead atoms. The highest BCUT2D eigenvalue weighted by Crippen LogP contribution is 2.26. The van der Waals surface area contributed by atoms with Crippen LogP contribution in [0.15, 0.2) is 29.2 Å². The van der Waals surface area contributed by atoms with Crippen LogP contribution in [0.4, 0.5) is 0 Å². The first-order chi connectivity index (χ1) is 12.2. The van der Waals surface area contributed by atoms with Gasteiger partial charge >= 0.3 is 0 Å². The fourth-order valence-electron chi connectivity index (χ4n) is 3.59. The van der Waals surface area contributed by atoms with E-state index in [9.17, 15) is 8.42 Å². The number of fused-ring (bicyclic) bond motifs is 1. The van der Waals surface area contributed by atoms with Crippen LogP contribution < -0.4 is 0 Å². The Morgan fingerprint density at radius 2 is 1.92 bits per heavy atom. The van der Waals surface area contributed by atoms with Gasteiger partial charge in [-0.3, -0.25) is 4.68 Å². The fourth-order valence-corrected chi connectivity index (χ4v) is 5.15. The van der Waals surface area contributed by atoms with E-state index in [1.807, 2.05) is 32.9 Å². The Morgan fingerprint density at radius 1 is 1.27 bits per heavy atom. The SMILES string of the molecule is Cc1nn(C(C)C)c(C)c1S(=O)(=O)N(C)C[C@H]1Cc2ccccc2CO1. The summed E-state index contributed by atoms with van der Waals surface area (Å²) in [4.78, 5) is 0.310. The molecular weight excluding hydrogens is 350 g/mol. The minimum atomic E-state index is -3.62. The van der Waals surface area contributed by atoms with Crippen molar-refractivity contribution in [3.05, 3.63) is 46.8 Å². The maximum Gasteiger partial charge on any atom is 0.246 e. The van der Waals surface area contributed by atoms with Crippen LogP contribution in [0, 0.1) is 13.8 Å². The van der Waals surface area contributed by atoms with Crippen LogP contribution in [-0.2, 0) is 27.8 Å². The van der Waals surface area contributed by atoms with Crippen molar-refractivity contribution < 1.29 is 13.2 Å². The van der Waals surface area contributed by atoms with Gasteiger partial charge in [0.05, 0.1) is 24.1 Å². The molecule has 0 N–H and O–H groups in total. The highest BCUT2D eigenvalue weighted by molar-refractivity contribution is 7.89. The number of sulfonamides is 1. The molecule has 2 heterocycles. The molecule has 1 aromatic heterocycles. The number of hydrogen-bond donors (Lipinski definition) is 0. The normalized spacial score (nSPS) is 17.7. The molecule has 0 radical (unpaired) electrons. The Bertz CT molecular complexity index is 903. The number of likely N-dealkylation sites (N-methyl/N-ethyl adjacent to an activating group) is 1. The molecule has 1 aromatic carbocycles. The molecule has 6 nitrogen and oxygen atoms in total. The van der Waals surface area contributed by atoms with Gasteiger partial charge in [0.25, 0.3) is 0 Å². The zero-order valence-electron chi connectivity index (χ0n) is 16.1. The van der Waals surface area contributed by atoms with Gasteiger partial charge in [-0.15, -0.1) is 0 Å². The molecule has 0 fully saturated rings. The van der Waals surface area contributed by atoms with Crippen LogP contribution in [0.2, 0.25) is 0 Å². The van der Waals surface area contributed by atoms with Crippen LogP contribution in [0.1, 0.15) is 42.4 Å². The number of benzene rings is 1. The summed E-state index contributed by atoms with van der Waals surface area (Å²) in [5, 5.41) is 4.41. The van der Waals surface area contributed by atoms with Crippen LogP contribution in [-0.4, -0.2) is 42.2 Å². The first kappa shape index (κ1) is 19.1. The molecule has 1 aliphatic heterocycles. The molecular formula is C19H27N3O3S. The van der Waals surface area contributed by atoms with E-state index in [2.05, 4.69) is 17.2 Å². The molecule has 7 heteroatoms. The van der Waals surface area contributed by atoms with E-state index in [1.54, 1.807) is 18.7 Å². The summed E-state index contributed by atoms with van der Waals surface area (Å²) in [5.74, 6) is 0. The van der Waals surface area contributed by atoms with Crippen LogP contribution in [0.25, 0.3) is 0 Å². The largest absolute Gasteiger partial charge is 0.372 e. The Labute approximate surface area is 155 Å². The maximum absolute atomic E-state index is 13.1. The third-order valence-electron chi connectivity index (χ3n) is 4.92. The summed E-state index contributed by atoms with van der Waals surface area (Å²) in [6.07, 6.45) is 0.574. The van der Waals surface area contributed by atoms with Gasteiger partial charge < -0.3 is 4.74 Å². The fraction of sp³-hybridized carbons (Fsp3) is 0.526. The third kappa shape index (κ3) is 3.43. The molecule has 0 spiro atoms. The number of ether oxygens (including phenoxy) is 1. The number of rotatable bonds is 5. The van der Waals surface area contributed by atoms with Crippen molar-refractivity contribution in [1.29, 1.82) is 0 Å². The highest BCUT2D eigenvalue weighted by atomic mass is 32.2. The molecule has 3 rings (SSSR count). The van der Waals surface area contributed by atoms with E-state index in [-0.39, 0.29) is 12.1 Å². The molecule has 2 aromatic rings. The zero-order chi connectivity index (χ0) is 19.1. The maximum atomic E-state index is 13.1. The van der Waals surface area contributed by atoms with Gasteiger partial charge in [0.15, 0.2) is 0 Å². The van der Waals surface area contributed by atoms with Gasteiger partial charge in [0.1, 0.15) is 4.90 Å². The monoisotopic (exact) mass is 377 g/mol. The zero-order valence-corrected chi connectivity index (χ0v) is 16.9. The second-order valence-electron chi connectivity index (χ2n) is 7.23. The number of hydrogen-bond acceptors (Lipinski definition) is 4. The molecule has 26 heavy (non-hydrogen) atoms. The predicted octanol–water partition coefficient (Wildman–Crippen LogP) is 2.84. The summed E-state index contributed by atoms with van der Waals surface area (Å²) >= 11 is 0. The van der Waals surface area contributed by atoms with E-state index in [4.69, 9.17) is 4.74 Å². The molecule has 0 unspecified atom stereocenters. The summed E-state index contributed by atoms with van der Waals surface area (Å²) in [6.45, 7) is 8.40. The first-order valence-electron chi connectivity index (χ1n) is 8.92. The molecule has 142 valence electrons. The Kier molecular flexibility index (Phi) is 5.23. The molecule has 0 saturated carbocycles. The lowest BCUT2D eigenvalue weighted by Crippen LogP contribution is -2.38. The molecule has 1 atom stereocenters. The second-order valence-corrected chi connectivity index (χ2v) is 9.21. The summed E-state index contributed by atoms with van der Waals surface area (Å²) in [7, 11) is -2.00. The minimum Gasteiger partial charge on any atom is -0.372 e. The lowest BCUT2D eigenvalue weighted by atomic mass is 9.99. The first-order valence-corrected chi connectivity index (χ1v) is 10.4. The van der Waals surface area contributed by atoms with E-state index >= 15 is 0 Å². The van der Waals surface area contributed by atoms with Gasteiger partial charge in [-0.2, -0.15) is 9.40 Å². The minimum absolute atomic E-state index is 0.112. The summed E-state index contributed by atoms with van der Waals surface area (Å²) in [6, 6.07) is 8.26. The topological polar surface area (TPSA) is 64.4 Å². The third-order valence-corrected chi connectivity index (χ3v) is 6.99. The highest BCUT2D eigenvalue weighted by Gasteiger charge is 2.31. The van der Waals surface area contributed by atoms with Gasteiger partial charge in [0, 0.05) is 26.1 Å². The quantitative estimate of drug-likeness (QED) is 0.804. The smallest absolute Gasteiger partial charge is 0.246 e. The predicted molar refractivity (Wildman–Crippen MR) is 101 cm³/mol. The van der Waals surface area contributed by atoms with Crippen molar-refractivity contribution in [3.8, 4) is 0 Å². The Balaban J connectivity index is 1.81. The average Bonchev–Trinajstić information content (AvgIpc) is 2.90. The lowest BCUT2D eigenvalue weighted by Gasteiger charge is -2.28. The van der Waals surface area contributed by atoms with Crippen LogP contribution >= 0.6 is 0 Å². The molecule has 0 amide bonds. The van der Waals surface area contributed by atoms with E-state index in [0.29, 0.717) is 29.4 Å². The van der Waals surface area contributed by atoms with Gasteiger partial charge in [0.2, 0.25) is 10.0 Å². The summed E-state index contributed by atoms with van der Waals surface area (Å²) < 4.78 is 35.3. The van der Waals surface area contributed by atoms with Crippen molar-refractivity contribution in [1.82, 2.24) is 14.1 Å². The second kappa shape index (κ2) is 7.13. The van der Waals surface area contributed by atoms with E-state index in [0.717, 1.165) is 6.42 Å². The van der Waals surface area contributed by atoms with Crippen molar-refractivity contribution in [2.75, 3.05) is 13.6 Å². The van der Waals surface area contributed by atoms with Gasteiger partial charge in [-0.1, -0.05) is 24.3 Å². The van der Waals surface area contributed by atoms with Crippen molar-refractivity contribution >= 4 is 10.0 Å². The molecule has 0 saturated heterocycles. The lowest BCUT2D eigenvalue weighted by molar-refractivity contribution is 0.0202. The Morgan fingerprint density at radius 3 is 2.54 bits per heavy atom. The number of nitrogens with zero attached hydrogens (tertiary/aromatic N) is 3. The van der Waals surface area contributed by atoms with Crippen molar-refractivity contribution in [3.63, 3.8) is 0 Å². The molecule has 1 aliphatic rings. The van der Waals surface area contributed by atoms with Crippen LogP contribution in [0.3, 0.4) is 0 Å². The van der Waals surface area contributed by atoms with Crippen molar-refractivity contribution in [2.45, 2.75) is 57.8 Å². The van der Waals surface area contributed by atoms with E-state index < -0.39 is 10.0 Å². The number of aromatic nitrogens is 2. The van der Waals surface area contributed by atoms with Crippen molar-refractivity contribution in [2.24, 2.45) is 0 Å². The average molecular weight is 378 g/mol. The van der Waals surface area contributed by atoms with Gasteiger partial charge in [-0.25, -0.2) is 8.42 Å². The van der Waals surface area contributed by atoms with E-state index in [1.165, 1.54) is 15.4 Å². The number of aryl methyl sites for hydroxylation is 1. The standard InChI is InChI=1S/C19H27N3O3S/c1-13(2)22-15(4)19(14(3)20-22)26(23,24)21(5)11-18-10-16-8-6-7-9-17(16)12-25-18/h6-9,13,18H,10-12H2,1-5H3/t18-/m1/s1. The van der Waals surface area contributed by atoms with Gasteiger partial charge in [-0.05, 0) is 38.8 Å². The Hall–Kier alpha value is -1.70. The summed E-state index contributed by atoms with van der Waals surface area (Å²) in [5.41, 5.74) is 3.63. The molecule has 0 aliphatic carbocycles. The van der Waals surface area contributed by atoms with Crippen LogP contribution in [0.5, 0.6) is 0 Å².